The zero-order valence-corrected chi connectivity index (χ0v) is 53.1. The Morgan fingerprint density at radius 1 is 0.426 bits per heavy atom. The zero-order valence-electron chi connectivity index (χ0n) is 51.3. The highest BCUT2D eigenvalue weighted by Gasteiger charge is 2.34. The van der Waals surface area contributed by atoms with Crippen LogP contribution in [0, 0.1) is 0 Å². The Hall–Kier alpha value is -9.37. The van der Waals surface area contributed by atoms with Crippen molar-refractivity contribution in [3.8, 4) is 0 Å². The van der Waals surface area contributed by atoms with Crippen LogP contribution in [0.15, 0.2) is 70.6 Å². The van der Waals surface area contributed by atoms with Crippen LogP contribution in [0.1, 0.15) is 62.5 Å². The number of aliphatic imine (C=N–C) groups is 2. The van der Waals surface area contributed by atoms with E-state index in [0.29, 0.717) is 12.0 Å². The summed E-state index contributed by atoms with van der Waals surface area (Å²) in [6, 6.07) is 1.55. The first-order valence-electron chi connectivity index (χ1n) is 29.5. The van der Waals surface area contributed by atoms with Crippen LogP contribution < -0.4 is 92.9 Å². The predicted octanol–water partition coefficient (Wildman–Crippen LogP) is -8.97. The van der Waals surface area contributed by atoms with Crippen molar-refractivity contribution in [3.63, 3.8) is 0 Å². The molecule has 0 saturated heterocycles. The van der Waals surface area contributed by atoms with Crippen molar-refractivity contribution in [2.24, 2.45) is 44.4 Å². The van der Waals surface area contributed by atoms with E-state index in [1.807, 2.05) is 0 Å². The molecule has 0 aliphatic carbocycles. The molecule has 2 aromatic rings. The molecule has 11 amide bonds. The fourth-order valence-electron chi connectivity index (χ4n) is 8.46. The van der Waals surface area contributed by atoms with Gasteiger partial charge in [0.05, 0.1) is 38.8 Å². The fraction of sp³-hybridized carbons (Fsp3) is 0.518. The van der Waals surface area contributed by atoms with E-state index in [2.05, 4.69) is 93.7 Å². The summed E-state index contributed by atoms with van der Waals surface area (Å²) >= 11 is 8.26. The molecule has 36 nitrogen and oxygen atoms in total. The number of aliphatic hydroxyl groups excluding tert-OH is 2. The highest BCUT2D eigenvalue weighted by atomic mass is 32.1. The van der Waals surface area contributed by atoms with Crippen LogP contribution in [0.5, 0.6) is 0 Å². The van der Waals surface area contributed by atoms with Gasteiger partial charge in [0.15, 0.2) is 11.9 Å². The summed E-state index contributed by atoms with van der Waals surface area (Å²) in [4.78, 5) is 179. The smallest absolute Gasteiger partial charge is 0.326 e. The van der Waals surface area contributed by atoms with Crippen molar-refractivity contribution in [1.82, 2.24) is 58.5 Å². The topological polar surface area (TPSA) is 616 Å². The molecule has 38 heteroatoms. The molecule has 2 aromatic carbocycles. The van der Waals surface area contributed by atoms with Gasteiger partial charge in [-0.05, 0) is 69.0 Å². The number of nitrogens with zero attached hydrogens (tertiary/aromatic N) is 2. The van der Waals surface area contributed by atoms with Crippen LogP contribution in [0.4, 0.5) is 0 Å². The molecule has 0 bridgehead atoms. The van der Waals surface area contributed by atoms with Crippen LogP contribution >= 0.6 is 25.3 Å². The monoisotopic (exact) mass is 1360 g/mol. The van der Waals surface area contributed by atoms with E-state index in [1.54, 1.807) is 60.7 Å². The van der Waals surface area contributed by atoms with E-state index < -0.39 is 176 Å². The molecular weight excluding hydrogens is 1270 g/mol. The number of carbonyl (C=O) groups is 13. The molecule has 0 fully saturated rings. The second kappa shape index (κ2) is 44.2. The summed E-state index contributed by atoms with van der Waals surface area (Å²) in [5.74, 6) is -15.4. The SMILES string of the molecule is NCCCC[C@H](NC(=O)[C@H](CO)NC(=O)[C@H](CO)NC(=O)[C@H](CS)NC(=O)[C@H](Cc1ccccc1)NC(=O)CNC(=O)[C@H](CC(=O)O)NC(=O)[C@H](CS)NC(=O)[C@@H](N)Cc1ccccc1)C(=O)NCC(=O)N[C@@H](CCCN=C(N)N)C(=O)N[C@@H](CCCN=C(N)N)C(=O)O. The minimum absolute atomic E-state index is 0.0220. The van der Waals surface area contributed by atoms with Crippen LogP contribution in [-0.2, 0) is 75.2 Å². The quantitative estimate of drug-likeness (QED) is 0.0127. The number of amides is 11. The lowest BCUT2D eigenvalue weighted by Gasteiger charge is -2.26. The van der Waals surface area contributed by atoms with Gasteiger partial charge in [-0.1, -0.05) is 60.7 Å². The zero-order chi connectivity index (χ0) is 70.3. The summed E-state index contributed by atoms with van der Waals surface area (Å²) in [6.45, 7) is -3.64. The lowest BCUT2D eigenvalue weighted by molar-refractivity contribution is -0.142. The van der Waals surface area contributed by atoms with Gasteiger partial charge in [-0.15, -0.1) is 0 Å². The number of aliphatic carboxylic acids is 2. The van der Waals surface area contributed by atoms with Gasteiger partial charge in [-0.3, -0.25) is 67.5 Å². The van der Waals surface area contributed by atoms with Gasteiger partial charge in [0.2, 0.25) is 65.0 Å². The average molecular weight is 1360 g/mol. The molecule has 2 rings (SSSR count). The number of benzene rings is 2. The van der Waals surface area contributed by atoms with Crippen molar-refractivity contribution in [2.75, 3.05) is 57.4 Å². The van der Waals surface area contributed by atoms with Gasteiger partial charge in [0, 0.05) is 31.0 Å². The van der Waals surface area contributed by atoms with Crippen LogP contribution in [0.25, 0.3) is 0 Å². The number of thiol groups is 2. The Morgan fingerprint density at radius 3 is 1.23 bits per heavy atom. The van der Waals surface area contributed by atoms with Crippen molar-refractivity contribution >= 4 is 114 Å². The van der Waals surface area contributed by atoms with Crippen molar-refractivity contribution in [2.45, 2.75) is 125 Å². The number of nitrogens with two attached hydrogens (primary N) is 6. The lowest BCUT2D eigenvalue weighted by Crippen LogP contribution is -2.61. The predicted molar refractivity (Wildman–Crippen MR) is 346 cm³/mol. The molecule has 10 atom stereocenters. The van der Waals surface area contributed by atoms with E-state index >= 15 is 0 Å². The Bertz CT molecular complexity index is 2910. The first kappa shape index (κ1) is 80.7. The molecule has 0 aliphatic rings. The first-order valence-corrected chi connectivity index (χ1v) is 30.7. The van der Waals surface area contributed by atoms with Crippen LogP contribution in [0.2, 0.25) is 0 Å². The van der Waals surface area contributed by atoms with Crippen molar-refractivity contribution < 1.29 is 82.8 Å². The van der Waals surface area contributed by atoms with Gasteiger partial charge in [0.25, 0.3) is 0 Å². The summed E-state index contributed by atoms with van der Waals surface area (Å²) in [6.07, 6.45) is -0.490. The highest BCUT2D eigenvalue weighted by Crippen LogP contribution is 2.09. The van der Waals surface area contributed by atoms with Crippen LogP contribution in [0.3, 0.4) is 0 Å². The molecule has 0 spiro atoms. The number of nitrogens with one attached hydrogen (secondary N) is 11. The number of rotatable bonds is 45. The number of carboxylic acid groups (broad SMARTS) is 2. The minimum atomic E-state index is -1.87. The lowest BCUT2D eigenvalue weighted by atomic mass is 10.0. The van der Waals surface area contributed by atoms with Crippen molar-refractivity contribution in [3.05, 3.63) is 71.8 Å². The number of unbranched alkanes of at least 4 members (excludes halogenated alkanes) is 1. The maximum Gasteiger partial charge on any atom is 0.326 e. The Balaban J connectivity index is 2.17. The van der Waals surface area contributed by atoms with Crippen LogP contribution in [-0.4, -0.2) is 227 Å². The van der Waals surface area contributed by atoms with E-state index in [0.717, 1.165) is 5.56 Å². The van der Waals surface area contributed by atoms with Gasteiger partial charge >= 0.3 is 11.9 Å². The molecule has 0 aromatic heterocycles. The number of guanidine groups is 2. The number of hydrogen-bond donors (Lipinski definition) is 23. The molecule has 0 unspecified atom stereocenters. The molecule has 0 saturated carbocycles. The summed E-state index contributed by atoms with van der Waals surface area (Å²) in [7, 11) is 0. The summed E-state index contributed by atoms with van der Waals surface area (Å²) in [5.41, 5.74) is 34.3. The Morgan fingerprint density at radius 2 is 0.787 bits per heavy atom. The summed E-state index contributed by atoms with van der Waals surface area (Å²) in [5, 5.41) is 65.3. The number of aliphatic hydroxyl groups is 2. The van der Waals surface area contributed by atoms with E-state index in [9.17, 15) is 82.8 Å². The highest BCUT2D eigenvalue weighted by molar-refractivity contribution is 7.80. The van der Waals surface area contributed by atoms with E-state index in [1.165, 1.54) is 0 Å². The minimum Gasteiger partial charge on any atom is -0.481 e. The van der Waals surface area contributed by atoms with E-state index in [4.69, 9.17) is 34.4 Å². The molecule has 0 heterocycles. The largest absolute Gasteiger partial charge is 0.481 e. The van der Waals surface area contributed by atoms with Gasteiger partial charge in [0.1, 0.15) is 54.4 Å². The number of hydrogen-bond acceptors (Lipinski definition) is 21. The third kappa shape index (κ3) is 31.8. The van der Waals surface area contributed by atoms with Gasteiger partial charge in [-0.25, -0.2) is 4.79 Å². The number of carbonyl (C=O) groups excluding carboxylic acids is 11. The maximum absolute atomic E-state index is 13.9. The second-order valence-corrected chi connectivity index (χ2v) is 21.7. The van der Waals surface area contributed by atoms with Gasteiger partial charge in [-0.2, -0.15) is 25.3 Å². The Labute approximate surface area is 551 Å². The average Bonchev–Trinajstić information content (AvgIpc) is 0.990. The third-order valence-corrected chi connectivity index (χ3v) is 14.2. The third-order valence-electron chi connectivity index (χ3n) is 13.4. The van der Waals surface area contributed by atoms with Gasteiger partial charge < -0.3 is 113 Å². The van der Waals surface area contributed by atoms with Crippen molar-refractivity contribution in [1.29, 1.82) is 0 Å². The molecule has 27 N–H and O–H groups in total. The molecule has 0 aliphatic heterocycles. The fourth-order valence-corrected chi connectivity index (χ4v) is 8.97. The standard InChI is InChI=1S/C56H87N19O17S2/c57-18-8-7-15-33(46(83)65-24-42(78)67-34(16-9-19-63-55(59)60)48(85)70-35(54(91)92)17-10-20-64-56(61)62)69-50(87)38(26-76)72-51(88)39(27-77)73-53(90)41(29-94)75-49(86)36(22-31-13-5-2-6-14-31)68-43(79)25-66-47(84)37(23-44(80)81)71-52(89)40(28-93)74-45(82)32(58)21-30-11-3-1-4-12-30/h1-6,11-14,32-41,76-77,93-94H,7-10,15-29,57-58H2,(H,65,83)(H,66,84)(H,67,78)(H,68,79)(H,69,87)(H,70,85)(H,71,89)(H,72,88)(H,73,90)(H,74,82)(H,75,86)(H,80,81)(H,91,92)(H4,59,60,63)(H4,61,62,64)/t32-,33-,34-,35-,36-,37-,38-,39-,40-,41-/m0/s1. The maximum atomic E-state index is 13.9. The first-order chi connectivity index (χ1) is 44.7. The second-order valence-electron chi connectivity index (χ2n) is 20.9. The molecule has 520 valence electrons. The van der Waals surface area contributed by atoms with E-state index in [-0.39, 0.29) is 88.7 Å². The molecule has 0 radical (unpaired) electrons. The normalized spacial score (nSPS) is 14.0. The summed E-state index contributed by atoms with van der Waals surface area (Å²) < 4.78 is 0. The number of carboxylic acids is 2. The molecule has 94 heavy (non-hydrogen) atoms. The Kier molecular flexibility index (Phi) is 38.0. The molecular formula is C56H87N19O17S2.